The minimum atomic E-state index is 0.303. The minimum Gasteiger partial charge on any atom is -0.353 e. The second-order valence-corrected chi connectivity index (χ2v) is 12.1. The normalized spacial score (nSPS) is 46.5. The lowest BCUT2D eigenvalue weighted by molar-refractivity contribution is -0.137. The van der Waals surface area contributed by atoms with Gasteiger partial charge in [0.05, 0.1) is 0 Å². The van der Waals surface area contributed by atoms with Gasteiger partial charge in [-0.15, -0.1) is 0 Å². The molecule has 4 fully saturated rings. The summed E-state index contributed by atoms with van der Waals surface area (Å²) in [6, 6.07) is 0.450. The molecule has 1 N–H and O–H groups in total. The summed E-state index contributed by atoms with van der Waals surface area (Å²) in [5, 5.41) is 3.38. The number of nitrogens with one attached hydrogen (secondary N) is 1. The van der Waals surface area contributed by atoms with E-state index in [1.54, 1.807) is 0 Å². The Morgan fingerprint density at radius 3 is 2.43 bits per heavy atom. The summed E-state index contributed by atoms with van der Waals surface area (Å²) in [6.45, 7) is 12.5. The quantitative estimate of drug-likeness (QED) is 0.566. The molecule has 4 rings (SSSR count). The molecule has 1 amide bonds. The summed E-state index contributed by atoms with van der Waals surface area (Å²) in [4.78, 5) is 12.0. The topological polar surface area (TPSA) is 29.1 Å². The SMILES string of the molecule is CC(C)CCC[C@@H](C)[C@H]1CC[C@H]2[C@@H]3CCC4NC(=O)CC[C@]4(C)[C@H]3CC[C@]12C. The minimum absolute atomic E-state index is 0.303. The van der Waals surface area contributed by atoms with Gasteiger partial charge < -0.3 is 5.32 Å². The molecule has 1 unspecified atom stereocenters. The molecule has 4 aliphatic rings. The van der Waals surface area contributed by atoms with Gasteiger partial charge in [0, 0.05) is 12.5 Å². The van der Waals surface area contributed by atoms with Crippen LogP contribution in [0.1, 0.15) is 105 Å². The van der Waals surface area contributed by atoms with E-state index in [-0.39, 0.29) is 0 Å². The Balaban J connectivity index is 1.47. The van der Waals surface area contributed by atoms with Crippen LogP contribution < -0.4 is 5.32 Å². The number of carbonyl (C=O) groups is 1. The summed E-state index contributed by atoms with van der Waals surface area (Å²) in [5.74, 6) is 5.70. The third kappa shape index (κ3) is 3.35. The highest BCUT2D eigenvalue weighted by atomic mass is 16.1. The molecule has 0 aromatic carbocycles. The summed E-state index contributed by atoms with van der Waals surface area (Å²) >= 11 is 0. The average molecular weight is 388 g/mol. The molecule has 2 nitrogen and oxygen atoms in total. The van der Waals surface area contributed by atoms with Crippen molar-refractivity contribution in [1.82, 2.24) is 5.32 Å². The van der Waals surface area contributed by atoms with Crippen LogP contribution in [0.3, 0.4) is 0 Å². The van der Waals surface area contributed by atoms with Gasteiger partial charge in [-0.2, -0.15) is 0 Å². The summed E-state index contributed by atoms with van der Waals surface area (Å²) < 4.78 is 0. The van der Waals surface area contributed by atoms with Crippen molar-refractivity contribution in [3.05, 3.63) is 0 Å². The average Bonchev–Trinajstić information content (AvgIpc) is 2.99. The van der Waals surface area contributed by atoms with Crippen molar-refractivity contribution in [2.75, 3.05) is 0 Å². The standard InChI is InChI=1S/C26H45NO/c1-17(2)7-6-8-18(3)20-10-11-21-19-9-12-23-26(5,16-14-24(28)27-23)22(19)13-15-25(20,21)4/h17-23H,6-16H2,1-5H3,(H,27,28)/t18-,19+,20-,21+,22+,23?,25-,26-/m1/s1. The number of fused-ring (bicyclic) bond motifs is 5. The van der Waals surface area contributed by atoms with Gasteiger partial charge in [-0.05, 0) is 91.3 Å². The van der Waals surface area contributed by atoms with Gasteiger partial charge >= 0.3 is 0 Å². The van der Waals surface area contributed by atoms with Crippen LogP contribution in [-0.2, 0) is 4.79 Å². The Morgan fingerprint density at radius 2 is 1.68 bits per heavy atom. The van der Waals surface area contributed by atoms with Crippen molar-refractivity contribution < 1.29 is 4.79 Å². The fourth-order valence-corrected chi connectivity index (χ4v) is 8.73. The summed E-state index contributed by atoms with van der Waals surface area (Å²) in [5.41, 5.74) is 0.943. The van der Waals surface area contributed by atoms with E-state index in [9.17, 15) is 4.79 Å². The van der Waals surface area contributed by atoms with E-state index in [0.29, 0.717) is 22.8 Å². The predicted octanol–water partition coefficient (Wildman–Crippen LogP) is 6.59. The van der Waals surface area contributed by atoms with Crippen molar-refractivity contribution >= 4 is 5.91 Å². The van der Waals surface area contributed by atoms with E-state index < -0.39 is 0 Å². The molecule has 0 spiro atoms. The van der Waals surface area contributed by atoms with Crippen LogP contribution in [0.5, 0.6) is 0 Å². The zero-order chi connectivity index (χ0) is 20.1. The highest BCUT2D eigenvalue weighted by Gasteiger charge is 2.60. The molecule has 3 saturated carbocycles. The molecule has 3 aliphatic carbocycles. The van der Waals surface area contributed by atoms with Crippen LogP contribution in [0.4, 0.5) is 0 Å². The molecule has 28 heavy (non-hydrogen) atoms. The molecule has 160 valence electrons. The van der Waals surface area contributed by atoms with Crippen molar-refractivity contribution in [3.8, 4) is 0 Å². The lowest BCUT2D eigenvalue weighted by atomic mass is 9.46. The van der Waals surface area contributed by atoms with E-state index in [1.165, 1.54) is 57.8 Å². The van der Waals surface area contributed by atoms with Crippen LogP contribution in [0.25, 0.3) is 0 Å². The highest BCUT2D eigenvalue weighted by Crippen LogP contribution is 2.66. The summed E-state index contributed by atoms with van der Waals surface area (Å²) in [6.07, 6.45) is 14.5. The largest absolute Gasteiger partial charge is 0.353 e. The van der Waals surface area contributed by atoms with Crippen molar-refractivity contribution in [1.29, 1.82) is 0 Å². The zero-order valence-corrected chi connectivity index (χ0v) is 19.2. The second kappa shape index (κ2) is 7.62. The van der Waals surface area contributed by atoms with Gasteiger partial charge in [0.1, 0.15) is 0 Å². The first kappa shape index (κ1) is 20.7. The van der Waals surface area contributed by atoms with Crippen molar-refractivity contribution in [2.45, 2.75) is 111 Å². The molecule has 1 heterocycles. The Kier molecular flexibility index (Phi) is 5.64. The molecular formula is C26H45NO. The van der Waals surface area contributed by atoms with E-state index >= 15 is 0 Å². The first-order chi connectivity index (χ1) is 13.3. The maximum atomic E-state index is 12.0. The second-order valence-electron chi connectivity index (χ2n) is 12.1. The highest BCUT2D eigenvalue weighted by molar-refractivity contribution is 5.77. The molecule has 0 radical (unpaired) electrons. The number of rotatable bonds is 5. The molecule has 2 heteroatoms. The van der Waals surface area contributed by atoms with Gasteiger partial charge in [0.15, 0.2) is 0 Å². The summed E-state index contributed by atoms with van der Waals surface area (Å²) in [7, 11) is 0. The number of hydrogen-bond acceptors (Lipinski definition) is 1. The smallest absolute Gasteiger partial charge is 0.220 e. The van der Waals surface area contributed by atoms with E-state index in [4.69, 9.17) is 0 Å². The molecule has 1 aliphatic heterocycles. The zero-order valence-electron chi connectivity index (χ0n) is 19.2. The Labute approximate surface area is 174 Å². The molecule has 0 aromatic heterocycles. The molecule has 1 saturated heterocycles. The fourth-order valence-electron chi connectivity index (χ4n) is 8.73. The van der Waals surface area contributed by atoms with Gasteiger partial charge in [-0.25, -0.2) is 0 Å². The lowest BCUT2D eigenvalue weighted by Gasteiger charge is -2.60. The Hall–Kier alpha value is -0.530. The van der Waals surface area contributed by atoms with Crippen molar-refractivity contribution in [3.63, 3.8) is 0 Å². The van der Waals surface area contributed by atoms with Gasteiger partial charge in [0.25, 0.3) is 0 Å². The monoisotopic (exact) mass is 387 g/mol. The number of amides is 1. The van der Waals surface area contributed by atoms with Gasteiger partial charge in [-0.3, -0.25) is 4.79 Å². The van der Waals surface area contributed by atoms with Gasteiger partial charge in [-0.1, -0.05) is 53.9 Å². The number of carbonyl (C=O) groups excluding carboxylic acids is 1. The lowest BCUT2D eigenvalue weighted by Crippen LogP contribution is -2.61. The third-order valence-corrected chi connectivity index (χ3v) is 10.3. The van der Waals surface area contributed by atoms with Crippen molar-refractivity contribution in [2.24, 2.45) is 46.3 Å². The molecule has 0 aromatic rings. The van der Waals surface area contributed by atoms with E-state index in [2.05, 4.69) is 39.9 Å². The van der Waals surface area contributed by atoms with E-state index in [1.807, 2.05) is 0 Å². The van der Waals surface area contributed by atoms with Gasteiger partial charge in [0.2, 0.25) is 5.91 Å². The first-order valence-electron chi connectivity index (χ1n) is 12.5. The van der Waals surface area contributed by atoms with Crippen LogP contribution in [-0.4, -0.2) is 11.9 Å². The van der Waals surface area contributed by atoms with Crippen LogP contribution in [0.15, 0.2) is 0 Å². The third-order valence-electron chi connectivity index (χ3n) is 10.3. The maximum Gasteiger partial charge on any atom is 0.220 e. The molecule has 0 bridgehead atoms. The molecule has 8 atom stereocenters. The number of piperidine rings is 1. The molecular weight excluding hydrogens is 342 g/mol. The van der Waals surface area contributed by atoms with Crippen LogP contribution in [0, 0.1) is 46.3 Å². The fraction of sp³-hybridized carbons (Fsp3) is 0.962. The first-order valence-corrected chi connectivity index (χ1v) is 12.5. The van der Waals surface area contributed by atoms with E-state index in [0.717, 1.165) is 48.3 Å². The predicted molar refractivity (Wildman–Crippen MR) is 117 cm³/mol. The van der Waals surface area contributed by atoms with Crippen LogP contribution in [0.2, 0.25) is 0 Å². The Morgan fingerprint density at radius 1 is 0.929 bits per heavy atom. The van der Waals surface area contributed by atoms with Crippen LogP contribution >= 0.6 is 0 Å². The Bertz CT molecular complexity index is 585. The number of hydrogen-bond donors (Lipinski definition) is 1. The maximum absolute atomic E-state index is 12.0.